The Kier molecular flexibility index (Phi) is 3.81. The molecule has 1 N–H and O–H groups in total. The predicted molar refractivity (Wildman–Crippen MR) is 81.0 cm³/mol. The Morgan fingerprint density at radius 1 is 1.19 bits per heavy atom. The Balaban J connectivity index is 1.76. The number of amides is 2. The molecular formula is C16H18N2O3. The summed E-state index contributed by atoms with van der Waals surface area (Å²) in [7, 11) is 1.65. The highest BCUT2D eigenvalue weighted by Gasteiger charge is 2.18. The molecular weight excluding hydrogens is 268 g/mol. The van der Waals surface area contributed by atoms with Gasteiger partial charge in [0.05, 0.1) is 19.0 Å². The van der Waals surface area contributed by atoms with Crippen LogP contribution in [0.2, 0.25) is 0 Å². The number of carbonyl (C=O) groups excluding carboxylic acids is 1. The lowest BCUT2D eigenvalue weighted by Crippen LogP contribution is -2.31. The van der Waals surface area contributed by atoms with E-state index in [1.807, 2.05) is 36.4 Å². The number of nitrogens with zero attached hydrogens (tertiary/aromatic N) is 1. The van der Waals surface area contributed by atoms with Crippen LogP contribution in [0.5, 0.6) is 11.5 Å². The van der Waals surface area contributed by atoms with Crippen molar-refractivity contribution in [3.63, 3.8) is 0 Å². The molecule has 5 heteroatoms. The van der Waals surface area contributed by atoms with Gasteiger partial charge in [0.2, 0.25) is 0 Å². The van der Waals surface area contributed by atoms with Crippen LogP contribution in [0.25, 0.3) is 10.8 Å². The lowest BCUT2D eigenvalue weighted by molar-refractivity contribution is 0.203. The van der Waals surface area contributed by atoms with Gasteiger partial charge in [-0.2, -0.15) is 0 Å². The van der Waals surface area contributed by atoms with E-state index >= 15 is 0 Å². The molecule has 2 aromatic carbocycles. The fraction of sp³-hybridized carbons (Fsp3) is 0.312. The number of urea groups is 1. The van der Waals surface area contributed by atoms with Gasteiger partial charge in [0.15, 0.2) is 0 Å². The maximum absolute atomic E-state index is 11.5. The zero-order valence-electron chi connectivity index (χ0n) is 12.0. The molecule has 5 nitrogen and oxygen atoms in total. The molecule has 0 atom stereocenters. The van der Waals surface area contributed by atoms with Crippen molar-refractivity contribution >= 4 is 16.8 Å². The van der Waals surface area contributed by atoms with E-state index in [-0.39, 0.29) is 6.03 Å². The Labute approximate surface area is 123 Å². The number of hydrogen-bond acceptors (Lipinski definition) is 3. The molecule has 110 valence electrons. The number of hydrogen-bond donors (Lipinski definition) is 1. The van der Waals surface area contributed by atoms with Crippen molar-refractivity contribution in [1.82, 2.24) is 10.2 Å². The second-order valence-electron chi connectivity index (χ2n) is 4.88. The summed E-state index contributed by atoms with van der Waals surface area (Å²) in [6.07, 6.45) is 0. The van der Waals surface area contributed by atoms with Crippen molar-refractivity contribution in [2.24, 2.45) is 0 Å². The van der Waals surface area contributed by atoms with Crippen molar-refractivity contribution in [1.29, 1.82) is 0 Å². The van der Waals surface area contributed by atoms with Crippen LogP contribution in [0.1, 0.15) is 0 Å². The average Bonchev–Trinajstić information content (AvgIpc) is 2.92. The first kappa shape index (κ1) is 13.5. The maximum atomic E-state index is 11.5. The molecule has 2 aromatic rings. The highest BCUT2D eigenvalue weighted by Crippen LogP contribution is 2.33. The lowest BCUT2D eigenvalue weighted by atomic mass is 10.1. The number of carbonyl (C=O) groups is 1. The van der Waals surface area contributed by atoms with E-state index in [2.05, 4.69) is 5.32 Å². The van der Waals surface area contributed by atoms with E-state index in [1.165, 1.54) is 0 Å². The zero-order valence-corrected chi connectivity index (χ0v) is 12.0. The smallest absolute Gasteiger partial charge is 0.317 e. The average molecular weight is 286 g/mol. The molecule has 0 aliphatic carbocycles. The molecule has 0 saturated carbocycles. The molecule has 0 spiro atoms. The maximum Gasteiger partial charge on any atom is 0.317 e. The molecule has 2 amide bonds. The van der Waals surface area contributed by atoms with Gasteiger partial charge in [-0.3, -0.25) is 0 Å². The minimum Gasteiger partial charge on any atom is -0.496 e. The van der Waals surface area contributed by atoms with Gasteiger partial charge in [0.25, 0.3) is 0 Å². The number of nitrogens with one attached hydrogen (secondary N) is 1. The van der Waals surface area contributed by atoms with Gasteiger partial charge in [-0.05, 0) is 17.5 Å². The first-order chi connectivity index (χ1) is 10.3. The second kappa shape index (κ2) is 5.91. The van der Waals surface area contributed by atoms with E-state index in [4.69, 9.17) is 9.47 Å². The summed E-state index contributed by atoms with van der Waals surface area (Å²) >= 11 is 0. The highest BCUT2D eigenvalue weighted by molar-refractivity contribution is 5.93. The molecule has 1 aliphatic rings. The Morgan fingerprint density at radius 3 is 2.62 bits per heavy atom. The number of rotatable bonds is 5. The van der Waals surface area contributed by atoms with Gasteiger partial charge < -0.3 is 19.7 Å². The molecule has 1 heterocycles. The fourth-order valence-corrected chi connectivity index (χ4v) is 2.55. The number of benzene rings is 2. The third kappa shape index (κ3) is 2.72. The van der Waals surface area contributed by atoms with Crippen LogP contribution in [0.4, 0.5) is 4.79 Å². The lowest BCUT2D eigenvalue weighted by Gasteiger charge is -2.16. The number of fused-ring (bicyclic) bond motifs is 1. The van der Waals surface area contributed by atoms with E-state index in [9.17, 15) is 4.79 Å². The van der Waals surface area contributed by atoms with Gasteiger partial charge in [0, 0.05) is 13.1 Å². The van der Waals surface area contributed by atoms with Crippen molar-refractivity contribution in [2.45, 2.75) is 0 Å². The molecule has 21 heavy (non-hydrogen) atoms. The fourth-order valence-electron chi connectivity index (χ4n) is 2.55. The van der Waals surface area contributed by atoms with Gasteiger partial charge in [0.1, 0.15) is 18.1 Å². The Morgan fingerprint density at radius 2 is 1.95 bits per heavy atom. The van der Waals surface area contributed by atoms with Crippen LogP contribution in [0.15, 0.2) is 36.4 Å². The normalized spacial score (nSPS) is 14.3. The van der Waals surface area contributed by atoms with E-state index in [1.54, 1.807) is 12.0 Å². The van der Waals surface area contributed by atoms with Crippen molar-refractivity contribution in [3.05, 3.63) is 36.4 Å². The summed E-state index contributed by atoms with van der Waals surface area (Å²) < 4.78 is 11.3. The van der Waals surface area contributed by atoms with E-state index in [0.29, 0.717) is 19.7 Å². The molecule has 0 radical (unpaired) electrons. The summed E-state index contributed by atoms with van der Waals surface area (Å²) in [5, 5.41) is 4.82. The van der Waals surface area contributed by atoms with Gasteiger partial charge in [-0.15, -0.1) is 0 Å². The van der Waals surface area contributed by atoms with Gasteiger partial charge in [-0.25, -0.2) is 4.79 Å². The van der Waals surface area contributed by atoms with Crippen LogP contribution in [0.3, 0.4) is 0 Å². The van der Waals surface area contributed by atoms with Gasteiger partial charge >= 0.3 is 6.03 Å². The van der Waals surface area contributed by atoms with E-state index in [0.717, 1.165) is 28.8 Å². The van der Waals surface area contributed by atoms with Crippen LogP contribution < -0.4 is 14.8 Å². The summed E-state index contributed by atoms with van der Waals surface area (Å²) in [5.41, 5.74) is 0. The number of methoxy groups -OCH3 is 1. The first-order valence-electron chi connectivity index (χ1n) is 7.01. The Hall–Kier alpha value is -2.43. The summed E-state index contributed by atoms with van der Waals surface area (Å²) in [5.74, 6) is 1.58. The number of ether oxygens (including phenoxy) is 2. The van der Waals surface area contributed by atoms with Gasteiger partial charge in [-0.1, -0.05) is 24.3 Å². The van der Waals surface area contributed by atoms with Crippen molar-refractivity contribution < 1.29 is 14.3 Å². The molecule has 0 bridgehead atoms. The summed E-state index contributed by atoms with van der Waals surface area (Å²) in [6, 6.07) is 11.8. The quantitative estimate of drug-likeness (QED) is 0.917. The van der Waals surface area contributed by atoms with Crippen LogP contribution >= 0.6 is 0 Å². The third-order valence-electron chi connectivity index (χ3n) is 3.61. The monoisotopic (exact) mass is 286 g/mol. The van der Waals surface area contributed by atoms with Crippen LogP contribution in [-0.4, -0.2) is 44.3 Å². The minimum absolute atomic E-state index is 0.0194. The predicted octanol–water partition coefficient (Wildman–Crippen LogP) is 2.25. The third-order valence-corrected chi connectivity index (χ3v) is 3.61. The van der Waals surface area contributed by atoms with Crippen LogP contribution in [0, 0.1) is 0 Å². The minimum atomic E-state index is -0.0194. The molecule has 1 aliphatic heterocycles. The second-order valence-corrected chi connectivity index (χ2v) is 4.88. The van der Waals surface area contributed by atoms with Crippen molar-refractivity contribution in [3.8, 4) is 11.5 Å². The molecule has 0 aromatic heterocycles. The van der Waals surface area contributed by atoms with E-state index < -0.39 is 0 Å². The van der Waals surface area contributed by atoms with Crippen LogP contribution in [-0.2, 0) is 0 Å². The molecule has 3 rings (SSSR count). The highest BCUT2D eigenvalue weighted by atomic mass is 16.5. The zero-order chi connectivity index (χ0) is 14.7. The summed E-state index contributed by atoms with van der Waals surface area (Å²) in [6.45, 7) is 2.49. The summed E-state index contributed by atoms with van der Waals surface area (Å²) in [4.78, 5) is 13.2. The first-order valence-corrected chi connectivity index (χ1v) is 7.01. The molecule has 0 unspecified atom stereocenters. The Bertz CT molecular complexity index is 652. The van der Waals surface area contributed by atoms with Crippen molar-refractivity contribution in [2.75, 3.05) is 33.4 Å². The molecule has 1 fully saturated rings. The largest absolute Gasteiger partial charge is 0.496 e. The standard InChI is InChI=1S/C16H18N2O3/c1-20-13-6-2-4-12-5-3-7-14(15(12)13)21-11-10-18-9-8-17-16(18)19/h2-7H,8-11H2,1H3,(H,17,19). The SMILES string of the molecule is COc1cccc2cccc(OCCN3CCNC3=O)c12. The molecule has 1 saturated heterocycles. The topological polar surface area (TPSA) is 50.8 Å².